The highest BCUT2D eigenvalue weighted by Gasteiger charge is 2.37. The van der Waals surface area contributed by atoms with Gasteiger partial charge in [0.1, 0.15) is 0 Å². The highest BCUT2D eigenvalue weighted by molar-refractivity contribution is 9.09. The zero-order chi connectivity index (χ0) is 11.9. The second-order valence-electron chi connectivity index (χ2n) is 5.04. The lowest BCUT2D eigenvalue weighted by Crippen LogP contribution is -2.23. The molecule has 1 nitrogen and oxygen atoms in total. The number of benzene rings is 1. The van der Waals surface area contributed by atoms with Gasteiger partial charge >= 0.3 is 0 Å². The first kappa shape index (κ1) is 11.8. The van der Waals surface area contributed by atoms with E-state index in [4.69, 9.17) is 0 Å². The topological polar surface area (TPSA) is 17.1 Å². The Kier molecular flexibility index (Phi) is 2.95. The second-order valence-corrected chi connectivity index (χ2v) is 6.15. The smallest absolute Gasteiger partial charge is 0.162 e. The molecule has 2 rings (SSSR count). The van der Waals surface area contributed by atoms with Crippen LogP contribution in [0, 0.1) is 0 Å². The maximum atomic E-state index is 11.6. The molecular weight excluding hydrogens is 264 g/mol. The normalized spacial score (nSPS) is 21.9. The molecule has 0 spiro atoms. The van der Waals surface area contributed by atoms with Crippen LogP contribution in [-0.2, 0) is 11.8 Å². The quantitative estimate of drug-likeness (QED) is 0.594. The Bertz CT molecular complexity index is 434. The molecule has 1 aliphatic carbocycles. The van der Waals surface area contributed by atoms with Crippen molar-refractivity contribution in [2.45, 2.75) is 43.9 Å². The predicted molar refractivity (Wildman–Crippen MR) is 70.5 cm³/mol. The van der Waals surface area contributed by atoms with Crippen molar-refractivity contribution in [3.05, 3.63) is 34.9 Å². The van der Waals surface area contributed by atoms with Gasteiger partial charge in [0.2, 0.25) is 0 Å². The Labute approximate surface area is 105 Å². The summed E-state index contributed by atoms with van der Waals surface area (Å²) in [5, 5.41) is 0. The fourth-order valence-corrected chi connectivity index (χ4v) is 2.98. The Morgan fingerprint density at radius 1 is 1.50 bits per heavy atom. The van der Waals surface area contributed by atoms with Crippen LogP contribution in [0.1, 0.15) is 48.7 Å². The fourth-order valence-electron chi connectivity index (χ4n) is 2.39. The van der Waals surface area contributed by atoms with Gasteiger partial charge in [-0.15, -0.1) is 0 Å². The molecule has 0 saturated carbocycles. The molecule has 16 heavy (non-hydrogen) atoms. The number of rotatable bonds is 2. The number of ketones is 1. The number of carbonyl (C=O) groups is 1. The maximum Gasteiger partial charge on any atom is 0.162 e. The third-order valence-electron chi connectivity index (χ3n) is 3.62. The van der Waals surface area contributed by atoms with E-state index in [2.05, 4.69) is 41.9 Å². The predicted octanol–water partition coefficient (Wildman–Crippen LogP) is 3.88. The first-order valence-electron chi connectivity index (χ1n) is 5.77. The summed E-state index contributed by atoms with van der Waals surface area (Å²) in [6.07, 6.45) is 1.60. The van der Waals surface area contributed by atoms with E-state index in [1.165, 1.54) is 11.1 Å². The molecule has 0 bridgehead atoms. The van der Waals surface area contributed by atoms with E-state index >= 15 is 0 Å². The lowest BCUT2D eigenvalue weighted by atomic mass is 9.86. The summed E-state index contributed by atoms with van der Waals surface area (Å²) in [6.45, 7) is 6.41. The van der Waals surface area contributed by atoms with E-state index < -0.39 is 0 Å². The molecule has 0 aliphatic heterocycles. The van der Waals surface area contributed by atoms with E-state index in [1.54, 1.807) is 0 Å². The van der Waals surface area contributed by atoms with Crippen LogP contribution in [0.4, 0.5) is 0 Å². The number of alkyl halides is 1. The van der Waals surface area contributed by atoms with Gasteiger partial charge in [-0.3, -0.25) is 4.79 Å². The summed E-state index contributed by atoms with van der Waals surface area (Å²) >= 11 is 3.73. The highest BCUT2D eigenvalue weighted by Crippen LogP contribution is 2.42. The van der Waals surface area contributed by atoms with Crippen LogP contribution in [0.5, 0.6) is 0 Å². The van der Waals surface area contributed by atoms with Gasteiger partial charge in [-0.25, -0.2) is 0 Å². The SMILES string of the molecule is CCC(=O)c1ccc2c(c1)CC(Br)C2(C)C. The number of fused-ring (bicyclic) bond motifs is 1. The molecule has 0 radical (unpaired) electrons. The van der Waals surface area contributed by atoms with Crippen LogP contribution < -0.4 is 0 Å². The third-order valence-corrected chi connectivity index (χ3v) is 5.09. The van der Waals surface area contributed by atoms with Crippen molar-refractivity contribution >= 4 is 21.7 Å². The monoisotopic (exact) mass is 280 g/mol. The summed E-state index contributed by atoms with van der Waals surface area (Å²) in [7, 11) is 0. The Balaban J connectivity index is 2.44. The summed E-state index contributed by atoms with van der Waals surface area (Å²) < 4.78 is 0. The molecule has 86 valence electrons. The van der Waals surface area contributed by atoms with E-state index in [0.717, 1.165) is 12.0 Å². The molecule has 0 N–H and O–H groups in total. The van der Waals surface area contributed by atoms with Gasteiger partial charge in [-0.2, -0.15) is 0 Å². The summed E-state index contributed by atoms with van der Waals surface area (Å²) in [6, 6.07) is 6.17. The van der Waals surface area contributed by atoms with Crippen LogP contribution in [-0.4, -0.2) is 10.6 Å². The number of hydrogen-bond acceptors (Lipinski definition) is 1. The van der Waals surface area contributed by atoms with Gasteiger partial charge < -0.3 is 0 Å². The van der Waals surface area contributed by atoms with Crippen molar-refractivity contribution in [2.75, 3.05) is 0 Å². The van der Waals surface area contributed by atoms with Crippen molar-refractivity contribution in [3.8, 4) is 0 Å². The van der Waals surface area contributed by atoms with Crippen LogP contribution in [0.3, 0.4) is 0 Å². The molecular formula is C14H17BrO. The van der Waals surface area contributed by atoms with Gasteiger partial charge in [0.15, 0.2) is 5.78 Å². The van der Waals surface area contributed by atoms with Crippen LogP contribution >= 0.6 is 15.9 Å². The zero-order valence-corrected chi connectivity index (χ0v) is 11.6. The maximum absolute atomic E-state index is 11.6. The van der Waals surface area contributed by atoms with Gasteiger partial charge in [0.05, 0.1) is 0 Å². The first-order chi connectivity index (χ1) is 7.46. The van der Waals surface area contributed by atoms with Crippen molar-refractivity contribution in [2.24, 2.45) is 0 Å². The molecule has 1 atom stereocenters. The van der Waals surface area contributed by atoms with E-state index in [-0.39, 0.29) is 11.2 Å². The molecule has 1 aromatic carbocycles. The highest BCUT2D eigenvalue weighted by atomic mass is 79.9. The number of hydrogen-bond donors (Lipinski definition) is 0. The van der Waals surface area contributed by atoms with Crippen molar-refractivity contribution < 1.29 is 4.79 Å². The molecule has 1 aliphatic rings. The van der Waals surface area contributed by atoms with Crippen molar-refractivity contribution in [3.63, 3.8) is 0 Å². The van der Waals surface area contributed by atoms with Crippen LogP contribution in [0.25, 0.3) is 0 Å². The van der Waals surface area contributed by atoms with E-state index in [9.17, 15) is 4.79 Å². The van der Waals surface area contributed by atoms with Gasteiger partial charge in [0.25, 0.3) is 0 Å². The lowest BCUT2D eigenvalue weighted by Gasteiger charge is -2.23. The minimum Gasteiger partial charge on any atom is -0.294 e. The number of halogens is 1. The lowest BCUT2D eigenvalue weighted by molar-refractivity contribution is 0.0988. The minimum absolute atomic E-state index is 0.170. The molecule has 0 saturated heterocycles. The Morgan fingerprint density at radius 3 is 2.81 bits per heavy atom. The molecule has 0 heterocycles. The van der Waals surface area contributed by atoms with Crippen LogP contribution in [0.2, 0.25) is 0 Å². The Morgan fingerprint density at radius 2 is 2.19 bits per heavy atom. The van der Waals surface area contributed by atoms with E-state index in [0.29, 0.717) is 11.2 Å². The molecule has 0 fully saturated rings. The minimum atomic E-state index is 0.170. The molecule has 2 heteroatoms. The average molecular weight is 281 g/mol. The third kappa shape index (κ3) is 1.73. The van der Waals surface area contributed by atoms with E-state index in [1.807, 2.05) is 13.0 Å². The van der Waals surface area contributed by atoms with Crippen molar-refractivity contribution in [1.29, 1.82) is 0 Å². The molecule has 0 aromatic heterocycles. The van der Waals surface area contributed by atoms with Gasteiger partial charge in [0, 0.05) is 22.2 Å². The first-order valence-corrected chi connectivity index (χ1v) is 6.69. The van der Waals surface area contributed by atoms with Gasteiger partial charge in [-0.05, 0) is 23.6 Å². The fraction of sp³-hybridized carbons (Fsp3) is 0.500. The van der Waals surface area contributed by atoms with Crippen molar-refractivity contribution in [1.82, 2.24) is 0 Å². The zero-order valence-electron chi connectivity index (χ0n) is 10.0. The summed E-state index contributed by atoms with van der Waals surface area (Å²) in [5.41, 5.74) is 3.73. The number of Topliss-reactive ketones (excluding diaryl/α,β-unsaturated/α-hetero) is 1. The summed E-state index contributed by atoms with van der Waals surface area (Å²) in [5.74, 6) is 0.235. The van der Waals surface area contributed by atoms with Gasteiger partial charge in [-0.1, -0.05) is 48.8 Å². The van der Waals surface area contributed by atoms with Crippen LogP contribution in [0.15, 0.2) is 18.2 Å². The summed E-state index contributed by atoms with van der Waals surface area (Å²) in [4.78, 5) is 12.1. The number of carbonyl (C=O) groups excluding carboxylic acids is 1. The molecule has 1 unspecified atom stereocenters. The standard InChI is InChI=1S/C14H17BrO/c1-4-12(16)9-5-6-11-10(7-9)8-13(15)14(11,2)3/h5-7,13H,4,8H2,1-3H3. The largest absolute Gasteiger partial charge is 0.294 e. The Hall–Kier alpha value is -0.630. The molecule has 1 aromatic rings. The second kappa shape index (κ2) is 3.99. The average Bonchev–Trinajstić information content (AvgIpc) is 2.48. The molecule has 0 amide bonds.